The van der Waals surface area contributed by atoms with Crippen molar-refractivity contribution >= 4 is 42.5 Å². The molecule has 1 aliphatic heterocycles. The Hall–Kier alpha value is -0.730. The molecule has 0 atom stereocenters. The van der Waals surface area contributed by atoms with Gasteiger partial charge in [-0.05, 0) is 42.0 Å². The van der Waals surface area contributed by atoms with Gasteiger partial charge in [0.15, 0.2) is 0 Å². The molecule has 0 bridgehead atoms. The largest absolute Gasteiger partial charge is 1.00 e. The first kappa shape index (κ1) is 24.5. The van der Waals surface area contributed by atoms with Gasteiger partial charge in [-0.2, -0.15) is 0 Å². The zero-order chi connectivity index (χ0) is 19.6. The predicted molar refractivity (Wildman–Crippen MR) is 92.2 cm³/mol. The molecule has 0 amide bonds. The molecule has 1 aromatic heterocycles. The minimum absolute atomic E-state index is 0. The summed E-state index contributed by atoms with van der Waals surface area (Å²) in [5.74, 6) is -0.279. The van der Waals surface area contributed by atoms with E-state index in [-0.39, 0.29) is 87.3 Å². The maximum Gasteiger partial charge on any atom is 1.00 e. The maximum atomic E-state index is 11.2. The quantitative estimate of drug-likeness (QED) is 0.298. The van der Waals surface area contributed by atoms with Crippen molar-refractivity contribution in [1.82, 2.24) is 4.98 Å². The molecule has 2 heterocycles. The van der Waals surface area contributed by atoms with E-state index >= 15 is 0 Å². The second-order valence-electron chi connectivity index (χ2n) is 5.99. The smallest absolute Gasteiger partial charge is 0.744 e. The number of aromatic hydroxyl groups is 1. The first-order valence-electron chi connectivity index (χ1n) is 7.51. The Morgan fingerprint density at radius 2 is 1.52 bits per heavy atom. The van der Waals surface area contributed by atoms with Gasteiger partial charge in [-0.1, -0.05) is 0 Å². The topological polar surface area (TPSA) is 163 Å². The molecule has 2 aromatic carbocycles. The van der Waals surface area contributed by atoms with Crippen LogP contribution < -0.4 is 59.1 Å². The SMILES string of the molecule is O=S(=O)([O-])c1ccc2c(c1)CC(c1[nH]c3ccc(S(=O)(=O)[O-])cc3c1O)=N2.[Na+].[Na+]. The summed E-state index contributed by atoms with van der Waals surface area (Å²) in [4.78, 5) is 6.38. The fourth-order valence-electron chi connectivity index (χ4n) is 3.00. The third-order valence-electron chi connectivity index (χ3n) is 4.27. The van der Waals surface area contributed by atoms with Crippen LogP contribution in [0, 0.1) is 0 Å². The molecule has 0 unspecified atom stereocenters. The number of benzene rings is 2. The predicted octanol–water partition coefficient (Wildman–Crippen LogP) is -4.63. The number of aliphatic imine (C=N–C) groups is 1. The fraction of sp³-hybridized carbons (Fsp3) is 0.0625. The molecular formula is C16H10N2Na2O7S2. The number of aromatic amines is 1. The van der Waals surface area contributed by atoms with Gasteiger partial charge in [0.1, 0.15) is 31.7 Å². The Morgan fingerprint density at radius 3 is 2.14 bits per heavy atom. The van der Waals surface area contributed by atoms with Crippen LogP contribution in [0.15, 0.2) is 51.2 Å². The number of fused-ring (bicyclic) bond motifs is 2. The number of hydrogen-bond donors (Lipinski definition) is 2. The average molecular weight is 452 g/mol. The molecule has 0 saturated carbocycles. The third-order valence-corrected chi connectivity index (χ3v) is 5.94. The maximum absolute atomic E-state index is 11.2. The van der Waals surface area contributed by atoms with Crippen LogP contribution in [0.1, 0.15) is 11.3 Å². The summed E-state index contributed by atoms with van der Waals surface area (Å²) in [5, 5.41) is 10.6. The number of nitrogens with zero attached hydrogens (tertiary/aromatic N) is 1. The monoisotopic (exact) mass is 452 g/mol. The van der Waals surface area contributed by atoms with Gasteiger partial charge in [0.05, 0.1) is 21.2 Å². The van der Waals surface area contributed by atoms with Gasteiger partial charge >= 0.3 is 59.1 Å². The summed E-state index contributed by atoms with van der Waals surface area (Å²) in [5.41, 5.74) is 1.95. The molecule has 140 valence electrons. The Balaban J connectivity index is 0.00000150. The molecule has 4 rings (SSSR count). The number of hydrogen-bond acceptors (Lipinski definition) is 8. The molecule has 29 heavy (non-hydrogen) atoms. The first-order valence-corrected chi connectivity index (χ1v) is 10.3. The van der Waals surface area contributed by atoms with Crippen LogP contribution in [0.2, 0.25) is 0 Å². The van der Waals surface area contributed by atoms with Gasteiger partial charge in [-0.25, -0.2) is 16.8 Å². The molecular weight excluding hydrogens is 442 g/mol. The molecule has 0 aliphatic carbocycles. The summed E-state index contributed by atoms with van der Waals surface area (Å²) < 4.78 is 67.0. The van der Waals surface area contributed by atoms with E-state index in [0.717, 1.165) is 18.2 Å². The summed E-state index contributed by atoms with van der Waals surface area (Å²) in [6.07, 6.45) is 0.159. The van der Waals surface area contributed by atoms with E-state index in [9.17, 15) is 31.0 Å². The average Bonchev–Trinajstić information content (AvgIpc) is 3.13. The third kappa shape index (κ3) is 4.64. The minimum atomic E-state index is -4.67. The van der Waals surface area contributed by atoms with Gasteiger partial charge in [0.2, 0.25) is 0 Å². The second-order valence-corrected chi connectivity index (χ2v) is 8.75. The van der Waals surface area contributed by atoms with Crippen molar-refractivity contribution < 1.29 is 90.2 Å². The number of H-pyrrole nitrogens is 1. The van der Waals surface area contributed by atoms with Crippen molar-refractivity contribution in [3.63, 3.8) is 0 Å². The van der Waals surface area contributed by atoms with Crippen molar-refractivity contribution in [2.45, 2.75) is 16.2 Å². The number of nitrogens with one attached hydrogen (secondary N) is 1. The van der Waals surface area contributed by atoms with Crippen molar-refractivity contribution in [2.24, 2.45) is 4.99 Å². The summed E-state index contributed by atoms with van der Waals surface area (Å²) in [6.45, 7) is 0. The fourth-order valence-corrected chi connectivity index (χ4v) is 4.02. The number of aromatic nitrogens is 1. The van der Waals surface area contributed by atoms with E-state index in [1.165, 1.54) is 18.2 Å². The first-order chi connectivity index (χ1) is 12.5. The van der Waals surface area contributed by atoms with E-state index in [1.54, 1.807) is 0 Å². The van der Waals surface area contributed by atoms with E-state index < -0.39 is 25.1 Å². The Kier molecular flexibility index (Phi) is 7.13. The summed E-state index contributed by atoms with van der Waals surface area (Å²) in [7, 11) is -9.27. The molecule has 0 fully saturated rings. The van der Waals surface area contributed by atoms with Crippen molar-refractivity contribution in [3.05, 3.63) is 47.7 Å². The van der Waals surface area contributed by atoms with Gasteiger partial charge in [0, 0.05) is 17.3 Å². The van der Waals surface area contributed by atoms with Crippen molar-refractivity contribution in [1.29, 1.82) is 0 Å². The van der Waals surface area contributed by atoms with Crippen LogP contribution in [0.5, 0.6) is 5.75 Å². The normalized spacial score (nSPS) is 13.4. The van der Waals surface area contributed by atoms with Gasteiger partial charge in [-0.15, -0.1) is 0 Å². The van der Waals surface area contributed by atoms with Gasteiger partial charge in [-0.3, -0.25) is 4.99 Å². The van der Waals surface area contributed by atoms with E-state index in [1.807, 2.05) is 0 Å². The Morgan fingerprint density at radius 1 is 0.931 bits per heavy atom. The summed E-state index contributed by atoms with van der Waals surface area (Å²) >= 11 is 0. The van der Waals surface area contributed by atoms with Crippen LogP contribution in [-0.2, 0) is 26.7 Å². The molecule has 0 spiro atoms. The molecule has 3 aromatic rings. The van der Waals surface area contributed by atoms with Crippen LogP contribution >= 0.6 is 0 Å². The molecule has 0 saturated heterocycles. The molecule has 0 radical (unpaired) electrons. The molecule has 2 N–H and O–H groups in total. The van der Waals surface area contributed by atoms with E-state index in [4.69, 9.17) is 0 Å². The van der Waals surface area contributed by atoms with Crippen molar-refractivity contribution in [2.75, 3.05) is 0 Å². The molecule has 1 aliphatic rings. The Bertz CT molecular complexity index is 1360. The number of rotatable bonds is 3. The van der Waals surface area contributed by atoms with E-state index in [2.05, 4.69) is 9.98 Å². The van der Waals surface area contributed by atoms with E-state index in [0.29, 0.717) is 22.5 Å². The molecule has 13 heteroatoms. The Labute approximate surface area is 210 Å². The van der Waals surface area contributed by atoms with Gasteiger partial charge < -0.3 is 19.2 Å². The summed E-state index contributed by atoms with van der Waals surface area (Å²) in [6, 6.07) is 7.34. The molecule has 9 nitrogen and oxygen atoms in total. The van der Waals surface area contributed by atoms with Crippen LogP contribution in [0.4, 0.5) is 5.69 Å². The zero-order valence-corrected chi connectivity index (χ0v) is 21.0. The van der Waals surface area contributed by atoms with Crippen molar-refractivity contribution in [3.8, 4) is 5.75 Å². The second kappa shape index (κ2) is 8.42. The minimum Gasteiger partial charge on any atom is -0.744 e. The standard InChI is InChI=1S/C16H12N2O7S2.2Na/c19-16-11-7-10(27(23,24)25)2-4-13(11)18-15(16)14-6-8-5-9(26(20,21)22)1-3-12(8)17-14;;/h1-5,7,18-19H,6H2,(H,20,21,22)(H,23,24,25);;/q;2*+1/p-2. The zero-order valence-electron chi connectivity index (χ0n) is 15.3. The van der Waals surface area contributed by atoms with Gasteiger partial charge in [0.25, 0.3) is 0 Å². The van der Waals surface area contributed by atoms with Crippen LogP contribution in [-0.4, -0.2) is 41.7 Å². The van der Waals surface area contributed by atoms with Crippen LogP contribution in [0.3, 0.4) is 0 Å². The van der Waals surface area contributed by atoms with Crippen LogP contribution in [0.25, 0.3) is 10.9 Å².